The molecule has 1 aliphatic heterocycles. The number of hydrogen-bond acceptors (Lipinski definition) is 2. The van der Waals surface area contributed by atoms with Crippen molar-refractivity contribution in [3.05, 3.63) is 48.0 Å². The van der Waals surface area contributed by atoms with E-state index in [-0.39, 0.29) is 23.8 Å². The fourth-order valence-corrected chi connectivity index (χ4v) is 3.45. The van der Waals surface area contributed by atoms with Crippen molar-refractivity contribution in [2.24, 2.45) is 5.92 Å². The molecule has 0 unspecified atom stereocenters. The SMILES string of the molecule is C[C@H]1CC(=O)N[C@@H](C(=O)N(C)CCc2cccc3ccccc23)C1. The van der Waals surface area contributed by atoms with E-state index in [1.165, 1.54) is 16.3 Å². The lowest BCUT2D eigenvalue weighted by molar-refractivity contribution is -0.138. The Morgan fingerprint density at radius 1 is 1.21 bits per heavy atom. The second-order valence-electron chi connectivity index (χ2n) is 6.81. The number of likely N-dealkylation sites (N-methyl/N-ethyl adjacent to an activating group) is 1. The third kappa shape index (κ3) is 3.58. The van der Waals surface area contributed by atoms with Gasteiger partial charge < -0.3 is 10.2 Å². The van der Waals surface area contributed by atoms with Crippen LogP contribution in [0.3, 0.4) is 0 Å². The molecule has 0 aromatic heterocycles. The smallest absolute Gasteiger partial charge is 0.244 e. The van der Waals surface area contributed by atoms with Crippen LogP contribution in [0.2, 0.25) is 0 Å². The maximum atomic E-state index is 12.6. The topological polar surface area (TPSA) is 49.4 Å². The number of rotatable bonds is 4. The Morgan fingerprint density at radius 2 is 1.96 bits per heavy atom. The van der Waals surface area contributed by atoms with Crippen molar-refractivity contribution in [2.75, 3.05) is 13.6 Å². The molecule has 0 saturated carbocycles. The summed E-state index contributed by atoms with van der Waals surface area (Å²) in [6, 6.07) is 14.2. The second-order valence-corrected chi connectivity index (χ2v) is 6.81. The molecule has 4 heteroatoms. The maximum absolute atomic E-state index is 12.6. The number of nitrogens with zero attached hydrogens (tertiary/aromatic N) is 1. The summed E-state index contributed by atoms with van der Waals surface area (Å²) < 4.78 is 0. The van der Waals surface area contributed by atoms with Gasteiger partial charge >= 0.3 is 0 Å². The largest absolute Gasteiger partial charge is 0.344 e. The van der Waals surface area contributed by atoms with Gasteiger partial charge in [0.2, 0.25) is 11.8 Å². The maximum Gasteiger partial charge on any atom is 0.244 e. The Bertz CT molecular complexity index is 751. The minimum atomic E-state index is -0.376. The third-order valence-corrected chi connectivity index (χ3v) is 4.78. The Labute approximate surface area is 142 Å². The number of amides is 2. The summed E-state index contributed by atoms with van der Waals surface area (Å²) in [6.45, 7) is 2.67. The number of piperidine rings is 1. The van der Waals surface area contributed by atoms with Crippen LogP contribution in [-0.4, -0.2) is 36.3 Å². The molecule has 1 aliphatic rings. The fourth-order valence-electron chi connectivity index (χ4n) is 3.45. The number of carbonyl (C=O) groups is 2. The molecule has 0 aliphatic carbocycles. The van der Waals surface area contributed by atoms with Crippen molar-refractivity contribution in [3.8, 4) is 0 Å². The van der Waals surface area contributed by atoms with Crippen molar-refractivity contribution in [1.82, 2.24) is 10.2 Å². The molecule has 4 nitrogen and oxygen atoms in total. The van der Waals surface area contributed by atoms with E-state index in [0.717, 1.165) is 12.8 Å². The van der Waals surface area contributed by atoms with E-state index in [1.54, 1.807) is 4.90 Å². The van der Waals surface area contributed by atoms with E-state index in [1.807, 2.05) is 26.1 Å². The van der Waals surface area contributed by atoms with Gasteiger partial charge in [0.1, 0.15) is 6.04 Å². The Morgan fingerprint density at radius 3 is 2.75 bits per heavy atom. The van der Waals surface area contributed by atoms with Crippen LogP contribution in [0.5, 0.6) is 0 Å². The molecule has 126 valence electrons. The minimum Gasteiger partial charge on any atom is -0.344 e. The van der Waals surface area contributed by atoms with Gasteiger partial charge in [-0.25, -0.2) is 0 Å². The molecule has 1 heterocycles. The predicted octanol–water partition coefficient (Wildman–Crippen LogP) is 2.76. The Hall–Kier alpha value is -2.36. The van der Waals surface area contributed by atoms with E-state index < -0.39 is 0 Å². The lowest BCUT2D eigenvalue weighted by atomic mass is 9.93. The van der Waals surface area contributed by atoms with Crippen LogP contribution >= 0.6 is 0 Å². The predicted molar refractivity (Wildman–Crippen MR) is 95.6 cm³/mol. The van der Waals surface area contributed by atoms with Gasteiger partial charge in [-0.1, -0.05) is 49.4 Å². The Balaban J connectivity index is 1.65. The number of nitrogens with one attached hydrogen (secondary N) is 1. The molecule has 0 bridgehead atoms. The van der Waals surface area contributed by atoms with E-state index in [0.29, 0.717) is 13.0 Å². The normalized spacial score (nSPS) is 20.7. The molecular weight excluding hydrogens is 300 g/mol. The average Bonchev–Trinajstić information content (AvgIpc) is 2.58. The van der Waals surface area contributed by atoms with Crippen molar-refractivity contribution < 1.29 is 9.59 Å². The van der Waals surface area contributed by atoms with Gasteiger partial charge in [-0.15, -0.1) is 0 Å². The summed E-state index contributed by atoms with van der Waals surface area (Å²) in [5.74, 6) is 0.254. The second kappa shape index (κ2) is 7.04. The molecule has 1 N–H and O–H groups in total. The summed E-state index contributed by atoms with van der Waals surface area (Å²) in [5.41, 5.74) is 1.24. The zero-order valence-corrected chi connectivity index (χ0v) is 14.3. The highest BCUT2D eigenvalue weighted by molar-refractivity contribution is 5.89. The van der Waals surface area contributed by atoms with Crippen LogP contribution in [0, 0.1) is 5.92 Å². The van der Waals surface area contributed by atoms with E-state index >= 15 is 0 Å². The first-order valence-electron chi connectivity index (χ1n) is 8.55. The first-order valence-corrected chi connectivity index (χ1v) is 8.55. The van der Waals surface area contributed by atoms with Gasteiger partial charge in [0, 0.05) is 20.0 Å². The van der Waals surface area contributed by atoms with Gasteiger partial charge in [0.25, 0.3) is 0 Å². The summed E-state index contributed by atoms with van der Waals surface area (Å²) in [7, 11) is 1.82. The number of carbonyl (C=O) groups excluding carboxylic acids is 2. The van der Waals surface area contributed by atoms with Crippen LogP contribution in [0.1, 0.15) is 25.3 Å². The summed E-state index contributed by atoms with van der Waals surface area (Å²) >= 11 is 0. The van der Waals surface area contributed by atoms with Crippen molar-refractivity contribution in [2.45, 2.75) is 32.2 Å². The number of hydrogen-bond donors (Lipinski definition) is 1. The number of fused-ring (bicyclic) bond motifs is 1. The molecule has 0 radical (unpaired) electrons. The summed E-state index contributed by atoms with van der Waals surface area (Å²) in [4.78, 5) is 26.0. The highest BCUT2D eigenvalue weighted by Gasteiger charge is 2.30. The van der Waals surface area contributed by atoms with E-state index in [9.17, 15) is 9.59 Å². The summed E-state index contributed by atoms with van der Waals surface area (Å²) in [6.07, 6.45) is 2.05. The standard InChI is InChI=1S/C20H24N2O2/c1-14-12-18(21-19(23)13-14)20(24)22(2)11-10-16-8-5-7-15-6-3-4-9-17(15)16/h3-9,14,18H,10-13H2,1-2H3,(H,21,23)/t14-,18-/m1/s1. The highest BCUT2D eigenvalue weighted by atomic mass is 16.2. The monoisotopic (exact) mass is 324 g/mol. The molecule has 2 amide bonds. The molecule has 24 heavy (non-hydrogen) atoms. The highest BCUT2D eigenvalue weighted by Crippen LogP contribution is 2.20. The Kier molecular flexibility index (Phi) is 4.84. The average molecular weight is 324 g/mol. The molecule has 1 fully saturated rings. The molecule has 3 rings (SSSR count). The molecule has 0 spiro atoms. The molecular formula is C20H24N2O2. The van der Waals surface area contributed by atoms with Crippen molar-refractivity contribution >= 4 is 22.6 Å². The quantitative estimate of drug-likeness (QED) is 0.940. The molecule has 2 aromatic carbocycles. The number of benzene rings is 2. The zero-order valence-electron chi connectivity index (χ0n) is 14.3. The minimum absolute atomic E-state index is 0.00939. The zero-order chi connectivity index (χ0) is 17.1. The van der Waals surface area contributed by atoms with E-state index in [4.69, 9.17) is 0 Å². The van der Waals surface area contributed by atoms with E-state index in [2.05, 4.69) is 35.6 Å². The third-order valence-electron chi connectivity index (χ3n) is 4.78. The lowest BCUT2D eigenvalue weighted by Gasteiger charge is -2.30. The summed E-state index contributed by atoms with van der Waals surface area (Å²) in [5, 5.41) is 5.28. The van der Waals surface area contributed by atoms with Crippen molar-refractivity contribution in [1.29, 1.82) is 0 Å². The van der Waals surface area contributed by atoms with Crippen LogP contribution in [-0.2, 0) is 16.0 Å². The first kappa shape index (κ1) is 16.5. The van der Waals surface area contributed by atoms with Gasteiger partial charge in [-0.05, 0) is 35.1 Å². The molecule has 2 atom stereocenters. The van der Waals surface area contributed by atoms with Crippen molar-refractivity contribution in [3.63, 3.8) is 0 Å². The first-order chi connectivity index (χ1) is 11.5. The molecule has 1 saturated heterocycles. The van der Waals surface area contributed by atoms with Gasteiger partial charge in [0.05, 0.1) is 0 Å². The van der Waals surface area contributed by atoms with Gasteiger partial charge in [-0.2, -0.15) is 0 Å². The lowest BCUT2D eigenvalue weighted by Crippen LogP contribution is -2.51. The van der Waals surface area contributed by atoms with Crippen LogP contribution in [0.25, 0.3) is 10.8 Å². The van der Waals surface area contributed by atoms with Crippen LogP contribution in [0.15, 0.2) is 42.5 Å². The van der Waals surface area contributed by atoms with Crippen LogP contribution < -0.4 is 5.32 Å². The fraction of sp³-hybridized carbons (Fsp3) is 0.400. The van der Waals surface area contributed by atoms with Gasteiger partial charge in [0.15, 0.2) is 0 Å². The molecule has 2 aromatic rings. The van der Waals surface area contributed by atoms with Gasteiger partial charge in [-0.3, -0.25) is 9.59 Å². The van der Waals surface area contributed by atoms with Crippen LogP contribution in [0.4, 0.5) is 0 Å².